The quantitative estimate of drug-likeness (QED) is 0.861. The summed E-state index contributed by atoms with van der Waals surface area (Å²) in [6.45, 7) is -1.05. The average molecular weight is 339 g/mol. The second kappa shape index (κ2) is 5.69. The first-order chi connectivity index (χ1) is 9.70. The van der Waals surface area contributed by atoms with E-state index in [4.69, 9.17) is 22.1 Å². The Labute approximate surface area is 128 Å². The summed E-state index contributed by atoms with van der Waals surface area (Å²) in [5, 5.41) is 0.274. The number of amides is 1. The Morgan fingerprint density at radius 1 is 1.52 bits per heavy atom. The molecule has 0 saturated carbocycles. The van der Waals surface area contributed by atoms with Gasteiger partial charge in [0.2, 0.25) is 0 Å². The number of nitrogens with zero attached hydrogens (tertiary/aromatic N) is 1. The standard InChI is InChI=1S/C12H10ClF3N2O2S/c13-6-1-2-9-8(3-6)18(10(19)5-20-9)4-7(11(17)21)12(14,15)16/h1-3,7H,4-5H2,(H2,17,21). The van der Waals surface area contributed by atoms with Gasteiger partial charge in [-0.3, -0.25) is 4.79 Å². The van der Waals surface area contributed by atoms with Crippen molar-refractivity contribution >= 4 is 40.4 Å². The highest BCUT2D eigenvalue weighted by atomic mass is 35.5. The molecule has 114 valence electrons. The maximum atomic E-state index is 12.9. The normalized spacial score (nSPS) is 16.2. The summed E-state index contributed by atoms with van der Waals surface area (Å²) in [5.41, 5.74) is 5.32. The highest BCUT2D eigenvalue weighted by Crippen LogP contribution is 2.36. The van der Waals surface area contributed by atoms with E-state index in [1.165, 1.54) is 18.2 Å². The first-order valence-electron chi connectivity index (χ1n) is 5.79. The Morgan fingerprint density at radius 3 is 2.76 bits per heavy atom. The fraction of sp³-hybridized carbons (Fsp3) is 0.333. The van der Waals surface area contributed by atoms with Gasteiger partial charge in [-0.05, 0) is 18.2 Å². The number of fused-ring (bicyclic) bond motifs is 1. The molecule has 0 bridgehead atoms. The minimum atomic E-state index is -4.64. The number of halogens is 4. The topological polar surface area (TPSA) is 55.6 Å². The minimum absolute atomic E-state index is 0.171. The molecule has 0 saturated heterocycles. The van der Waals surface area contributed by atoms with Gasteiger partial charge in [-0.2, -0.15) is 13.2 Å². The number of hydrogen-bond donors (Lipinski definition) is 1. The second-order valence-electron chi connectivity index (χ2n) is 4.40. The van der Waals surface area contributed by atoms with Crippen LogP contribution in [0.1, 0.15) is 0 Å². The van der Waals surface area contributed by atoms with E-state index in [0.29, 0.717) is 0 Å². The zero-order valence-electron chi connectivity index (χ0n) is 10.5. The highest BCUT2D eigenvalue weighted by Gasteiger charge is 2.44. The Kier molecular flexibility index (Phi) is 4.29. The molecule has 0 fully saturated rings. The van der Waals surface area contributed by atoms with Crippen molar-refractivity contribution in [2.75, 3.05) is 18.1 Å². The van der Waals surface area contributed by atoms with Crippen LogP contribution in [0, 0.1) is 5.92 Å². The summed E-state index contributed by atoms with van der Waals surface area (Å²) in [4.78, 5) is 12.1. The van der Waals surface area contributed by atoms with Crippen molar-refractivity contribution in [1.29, 1.82) is 0 Å². The fourth-order valence-electron chi connectivity index (χ4n) is 1.91. The molecule has 9 heteroatoms. The van der Waals surface area contributed by atoms with Gasteiger partial charge in [0.15, 0.2) is 6.61 Å². The predicted molar refractivity (Wildman–Crippen MR) is 75.6 cm³/mol. The SMILES string of the molecule is NC(=S)C(CN1C(=O)COc2ccc(Cl)cc21)C(F)(F)F. The molecule has 0 spiro atoms. The van der Waals surface area contributed by atoms with Crippen LogP contribution in [-0.2, 0) is 4.79 Å². The van der Waals surface area contributed by atoms with Crippen LogP contribution in [0.3, 0.4) is 0 Å². The first kappa shape index (κ1) is 15.8. The monoisotopic (exact) mass is 338 g/mol. The lowest BCUT2D eigenvalue weighted by molar-refractivity contribution is -0.153. The average Bonchev–Trinajstić information content (AvgIpc) is 2.35. The summed E-state index contributed by atoms with van der Waals surface area (Å²) in [6.07, 6.45) is -4.64. The lowest BCUT2D eigenvalue weighted by Gasteiger charge is -2.32. The van der Waals surface area contributed by atoms with Gasteiger partial charge < -0.3 is 15.4 Å². The number of benzene rings is 1. The van der Waals surface area contributed by atoms with Gasteiger partial charge in [-0.25, -0.2) is 0 Å². The molecular weight excluding hydrogens is 329 g/mol. The van der Waals surface area contributed by atoms with Gasteiger partial charge in [0.05, 0.1) is 10.7 Å². The Morgan fingerprint density at radius 2 is 2.19 bits per heavy atom. The zero-order chi connectivity index (χ0) is 15.8. The van der Waals surface area contributed by atoms with Gasteiger partial charge in [0, 0.05) is 11.6 Å². The Balaban J connectivity index is 2.37. The van der Waals surface area contributed by atoms with E-state index < -0.39 is 29.5 Å². The van der Waals surface area contributed by atoms with Crippen molar-refractivity contribution in [3.8, 4) is 5.75 Å². The largest absolute Gasteiger partial charge is 0.482 e. The molecule has 1 aliphatic rings. The van der Waals surface area contributed by atoms with E-state index >= 15 is 0 Å². The van der Waals surface area contributed by atoms with Crippen molar-refractivity contribution in [2.24, 2.45) is 11.7 Å². The number of alkyl halides is 3. The first-order valence-corrected chi connectivity index (χ1v) is 6.57. The van der Waals surface area contributed by atoms with Crippen LogP contribution in [-0.4, -0.2) is 30.2 Å². The van der Waals surface area contributed by atoms with E-state index in [0.717, 1.165) is 4.90 Å². The molecule has 1 unspecified atom stereocenters. The number of nitrogens with two attached hydrogens (primary N) is 1. The number of carbonyl (C=O) groups is 1. The van der Waals surface area contributed by atoms with E-state index in [1.807, 2.05) is 0 Å². The van der Waals surface area contributed by atoms with Crippen molar-refractivity contribution in [3.05, 3.63) is 23.2 Å². The van der Waals surface area contributed by atoms with Gasteiger partial charge >= 0.3 is 6.18 Å². The van der Waals surface area contributed by atoms with Crippen molar-refractivity contribution in [3.63, 3.8) is 0 Å². The molecule has 0 radical (unpaired) electrons. The van der Waals surface area contributed by atoms with Crippen LogP contribution in [0.15, 0.2) is 18.2 Å². The summed E-state index contributed by atoms with van der Waals surface area (Å²) in [7, 11) is 0. The number of ether oxygens (including phenoxy) is 1. The molecule has 1 aromatic rings. The lowest BCUT2D eigenvalue weighted by Crippen LogP contribution is -2.48. The highest BCUT2D eigenvalue weighted by molar-refractivity contribution is 7.80. The third-order valence-corrected chi connectivity index (χ3v) is 3.49. The molecule has 2 N–H and O–H groups in total. The van der Waals surface area contributed by atoms with E-state index in [2.05, 4.69) is 12.2 Å². The second-order valence-corrected chi connectivity index (χ2v) is 5.31. The lowest BCUT2D eigenvalue weighted by atomic mass is 10.1. The van der Waals surface area contributed by atoms with E-state index in [1.54, 1.807) is 0 Å². The molecule has 1 amide bonds. The smallest absolute Gasteiger partial charge is 0.399 e. The number of hydrogen-bond acceptors (Lipinski definition) is 3. The summed E-state index contributed by atoms with van der Waals surface area (Å²) in [5.74, 6) is -2.43. The molecule has 0 aromatic heterocycles. The molecule has 1 aliphatic heterocycles. The van der Waals surface area contributed by atoms with Crippen LogP contribution in [0.2, 0.25) is 5.02 Å². The number of rotatable bonds is 3. The third-order valence-electron chi connectivity index (χ3n) is 2.97. The van der Waals surface area contributed by atoms with E-state index in [-0.39, 0.29) is 23.1 Å². The van der Waals surface area contributed by atoms with Crippen LogP contribution in [0.4, 0.5) is 18.9 Å². The molecule has 0 aliphatic carbocycles. The summed E-state index contributed by atoms with van der Waals surface area (Å²) in [6, 6.07) is 4.37. The maximum Gasteiger partial charge on any atom is 0.399 e. The Hall–Kier alpha value is -1.54. The van der Waals surface area contributed by atoms with E-state index in [9.17, 15) is 18.0 Å². The molecule has 1 aromatic carbocycles. The van der Waals surface area contributed by atoms with Crippen molar-refractivity contribution in [2.45, 2.75) is 6.18 Å². The molecule has 2 rings (SSSR count). The third kappa shape index (κ3) is 3.38. The maximum absolute atomic E-state index is 12.9. The zero-order valence-corrected chi connectivity index (χ0v) is 12.1. The Bertz CT molecular complexity index is 594. The van der Waals surface area contributed by atoms with Gasteiger partial charge in [-0.1, -0.05) is 23.8 Å². The van der Waals surface area contributed by atoms with Gasteiger partial charge in [0.1, 0.15) is 11.7 Å². The van der Waals surface area contributed by atoms with Crippen LogP contribution < -0.4 is 15.4 Å². The fourth-order valence-corrected chi connectivity index (χ4v) is 2.29. The predicted octanol–water partition coefficient (Wildman–Crippen LogP) is 2.53. The van der Waals surface area contributed by atoms with Gasteiger partial charge in [-0.15, -0.1) is 0 Å². The van der Waals surface area contributed by atoms with Crippen molar-refractivity contribution < 1.29 is 22.7 Å². The molecule has 21 heavy (non-hydrogen) atoms. The molecule has 1 atom stereocenters. The van der Waals surface area contributed by atoms with Crippen LogP contribution in [0.25, 0.3) is 0 Å². The minimum Gasteiger partial charge on any atom is -0.482 e. The molecular formula is C12H10ClF3N2O2S. The summed E-state index contributed by atoms with van der Waals surface area (Å²) < 4.78 is 44.0. The molecule has 4 nitrogen and oxygen atoms in total. The van der Waals surface area contributed by atoms with Crippen LogP contribution >= 0.6 is 23.8 Å². The number of anilines is 1. The van der Waals surface area contributed by atoms with Gasteiger partial charge in [0.25, 0.3) is 5.91 Å². The summed E-state index contributed by atoms with van der Waals surface area (Å²) >= 11 is 10.3. The number of carbonyl (C=O) groups excluding carboxylic acids is 1. The van der Waals surface area contributed by atoms with Crippen LogP contribution in [0.5, 0.6) is 5.75 Å². The van der Waals surface area contributed by atoms with Crippen molar-refractivity contribution in [1.82, 2.24) is 0 Å². The number of thiocarbonyl (C=S) groups is 1. The molecule has 1 heterocycles.